The van der Waals surface area contributed by atoms with Gasteiger partial charge in [-0.05, 0) is 95.1 Å². The van der Waals surface area contributed by atoms with Crippen LogP contribution in [0.4, 0.5) is 0 Å². The number of amides is 3. The Balaban J connectivity index is 1.56. The molecule has 9 heteroatoms. The van der Waals surface area contributed by atoms with E-state index in [4.69, 9.17) is 4.74 Å². The third-order valence-corrected chi connectivity index (χ3v) is 12.1. The predicted molar refractivity (Wildman–Crippen MR) is 196 cm³/mol. The number of nitrogens with one attached hydrogen (secondary N) is 4. The lowest BCUT2D eigenvalue weighted by Crippen LogP contribution is -2.62. The molecule has 4 N–H and O–H groups in total. The minimum atomic E-state index is -0.803. The fraction of sp³-hybridized carbons (Fsp3) is 0.615. The molecule has 0 heterocycles. The van der Waals surface area contributed by atoms with E-state index in [1.807, 2.05) is 36.4 Å². The van der Waals surface area contributed by atoms with Crippen LogP contribution in [0, 0.1) is 11.8 Å². The maximum atomic E-state index is 14.3. The zero-order valence-electron chi connectivity index (χ0n) is 29.6. The van der Waals surface area contributed by atoms with Crippen LogP contribution in [0.3, 0.4) is 0 Å². The van der Waals surface area contributed by atoms with Crippen LogP contribution in [0.15, 0.2) is 60.7 Å². The number of thioether (sulfide) groups is 1. The average Bonchev–Trinajstić information content (AvgIpc) is 3.12. The lowest BCUT2D eigenvalue weighted by atomic mass is 9.83. The second-order valence-corrected chi connectivity index (χ2v) is 15.9. The fourth-order valence-corrected chi connectivity index (χ4v) is 8.45. The SMILES string of the molecule is CN[C@@H](C)C(=O)N[C@H](C(=O)N[C@H](C(=O)NCC(c1ccccc1)c1ccccc1)C(C)(C)SCC1CCC(OC)CC1)C1CCCCC1. The molecule has 0 saturated heterocycles. The van der Waals surface area contributed by atoms with Crippen molar-refractivity contribution < 1.29 is 19.1 Å². The van der Waals surface area contributed by atoms with Gasteiger partial charge in [-0.2, -0.15) is 11.8 Å². The third-order valence-electron chi connectivity index (χ3n) is 10.5. The van der Waals surface area contributed by atoms with Gasteiger partial charge < -0.3 is 26.0 Å². The number of likely N-dealkylation sites (N-methyl/N-ethyl adjacent to an activating group) is 1. The molecule has 2 aliphatic rings. The number of hydrogen-bond donors (Lipinski definition) is 4. The summed E-state index contributed by atoms with van der Waals surface area (Å²) in [5.74, 6) is 0.728. The van der Waals surface area contributed by atoms with Crippen LogP contribution < -0.4 is 21.3 Å². The first-order chi connectivity index (χ1) is 23.1. The van der Waals surface area contributed by atoms with Crippen LogP contribution in [-0.4, -0.2) is 73.2 Å². The lowest BCUT2D eigenvalue weighted by Gasteiger charge is -2.38. The molecule has 0 radical (unpaired) electrons. The van der Waals surface area contributed by atoms with Crippen LogP contribution in [0.25, 0.3) is 0 Å². The Labute approximate surface area is 292 Å². The second kappa shape index (κ2) is 18.8. The smallest absolute Gasteiger partial charge is 0.244 e. The molecule has 3 amide bonds. The molecule has 2 fully saturated rings. The molecule has 3 atom stereocenters. The molecule has 48 heavy (non-hydrogen) atoms. The molecule has 8 nitrogen and oxygen atoms in total. The molecule has 0 aromatic heterocycles. The number of methoxy groups -OCH3 is 1. The van der Waals surface area contributed by atoms with Gasteiger partial charge in [0.25, 0.3) is 0 Å². The Morgan fingerprint density at radius 1 is 0.812 bits per heavy atom. The third kappa shape index (κ3) is 10.8. The van der Waals surface area contributed by atoms with Gasteiger partial charge in [0.2, 0.25) is 17.7 Å². The highest BCUT2D eigenvalue weighted by molar-refractivity contribution is 8.00. The molecule has 2 aromatic carbocycles. The van der Waals surface area contributed by atoms with Gasteiger partial charge in [0.15, 0.2) is 0 Å². The highest BCUT2D eigenvalue weighted by Gasteiger charge is 2.41. The first-order valence-electron chi connectivity index (χ1n) is 17.9. The molecular weight excluding hydrogens is 621 g/mol. The molecule has 0 unspecified atom stereocenters. The fourth-order valence-electron chi connectivity index (χ4n) is 7.12. The molecule has 4 rings (SSSR count). The van der Waals surface area contributed by atoms with Gasteiger partial charge in [-0.1, -0.05) is 79.9 Å². The van der Waals surface area contributed by atoms with Crippen LogP contribution in [0.1, 0.15) is 95.6 Å². The van der Waals surface area contributed by atoms with Crippen molar-refractivity contribution in [1.82, 2.24) is 21.3 Å². The van der Waals surface area contributed by atoms with Gasteiger partial charge in [0.1, 0.15) is 12.1 Å². The van der Waals surface area contributed by atoms with Crippen molar-refractivity contribution in [2.75, 3.05) is 26.5 Å². The molecule has 0 bridgehead atoms. The Morgan fingerprint density at radius 3 is 1.94 bits per heavy atom. The first-order valence-corrected chi connectivity index (χ1v) is 18.9. The topological polar surface area (TPSA) is 109 Å². The molecule has 0 spiro atoms. The Hall–Kier alpha value is -2.88. The Bertz CT molecular complexity index is 1240. The summed E-state index contributed by atoms with van der Waals surface area (Å²) in [4.78, 5) is 41.7. The van der Waals surface area contributed by atoms with Gasteiger partial charge in [-0.25, -0.2) is 0 Å². The van der Waals surface area contributed by atoms with Crippen LogP contribution in [0.5, 0.6) is 0 Å². The van der Waals surface area contributed by atoms with E-state index in [1.165, 1.54) is 0 Å². The standard InChI is InChI=1S/C39H58N4O4S/c1-27(40-4)36(44)42-34(31-19-13-8-14-20-31)37(45)43-35(39(2,3)48-26-28-21-23-32(47-5)24-22-28)38(46)41-25-33(29-15-9-6-10-16-29)30-17-11-7-12-18-30/h6-7,9-12,15-18,27-28,31-35,40H,8,13-14,19-26H2,1-5H3,(H,41,46)(H,42,44)(H,43,45)/t27-,28?,32?,34-,35+/m0/s1. The van der Waals surface area contributed by atoms with E-state index < -0.39 is 22.9 Å². The quantitative estimate of drug-likeness (QED) is 0.179. The van der Waals surface area contributed by atoms with E-state index in [1.54, 1.807) is 32.8 Å². The maximum Gasteiger partial charge on any atom is 0.244 e. The van der Waals surface area contributed by atoms with E-state index in [0.717, 1.165) is 74.7 Å². The van der Waals surface area contributed by atoms with Gasteiger partial charge in [-0.3, -0.25) is 14.4 Å². The van der Waals surface area contributed by atoms with Gasteiger partial charge in [0.05, 0.1) is 12.1 Å². The molecule has 264 valence electrons. The summed E-state index contributed by atoms with van der Waals surface area (Å²) in [5.41, 5.74) is 2.23. The summed E-state index contributed by atoms with van der Waals surface area (Å²) < 4.78 is 4.98. The highest BCUT2D eigenvalue weighted by atomic mass is 32.2. The second-order valence-electron chi connectivity index (χ2n) is 14.2. The summed E-state index contributed by atoms with van der Waals surface area (Å²) in [6.07, 6.45) is 9.58. The van der Waals surface area contributed by atoms with E-state index in [2.05, 4.69) is 59.4 Å². The van der Waals surface area contributed by atoms with Gasteiger partial charge >= 0.3 is 0 Å². The van der Waals surface area contributed by atoms with E-state index in [0.29, 0.717) is 18.6 Å². The lowest BCUT2D eigenvalue weighted by molar-refractivity contribution is -0.134. The van der Waals surface area contributed by atoms with E-state index in [9.17, 15) is 14.4 Å². The number of ether oxygens (including phenoxy) is 1. The summed E-state index contributed by atoms with van der Waals surface area (Å²) in [6, 6.07) is 18.5. The van der Waals surface area contributed by atoms with Crippen molar-refractivity contribution in [2.45, 2.75) is 113 Å². The van der Waals surface area contributed by atoms with Crippen LogP contribution in [-0.2, 0) is 19.1 Å². The predicted octanol–water partition coefficient (Wildman–Crippen LogP) is 5.81. The molecule has 2 saturated carbocycles. The van der Waals surface area contributed by atoms with E-state index in [-0.39, 0.29) is 29.6 Å². The van der Waals surface area contributed by atoms with Crippen molar-refractivity contribution >= 4 is 29.5 Å². The Kier molecular flexibility index (Phi) is 14.8. The number of benzene rings is 2. The number of rotatable bonds is 16. The number of carbonyl (C=O) groups excluding carboxylic acids is 3. The largest absolute Gasteiger partial charge is 0.381 e. The normalized spacial score (nSPS) is 20.8. The summed E-state index contributed by atoms with van der Waals surface area (Å²) in [5, 5.41) is 12.5. The maximum absolute atomic E-state index is 14.3. The monoisotopic (exact) mass is 678 g/mol. The molecule has 0 aliphatic heterocycles. The van der Waals surface area contributed by atoms with Crippen LogP contribution in [0.2, 0.25) is 0 Å². The van der Waals surface area contributed by atoms with Gasteiger partial charge in [0, 0.05) is 24.3 Å². The minimum Gasteiger partial charge on any atom is -0.381 e. The first kappa shape index (κ1) is 37.9. The van der Waals surface area contributed by atoms with Crippen molar-refractivity contribution in [3.05, 3.63) is 71.8 Å². The summed E-state index contributed by atoms with van der Waals surface area (Å²) in [7, 11) is 3.53. The van der Waals surface area contributed by atoms with Crippen molar-refractivity contribution in [3.8, 4) is 0 Å². The van der Waals surface area contributed by atoms with Crippen molar-refractivity contribution in [2.24, 2.45) is 11.8 Å². The molecule has 2 aromatic rings. The van der Waals surface area contributed by atoms with E-state index >= 15 is 0 Å². The van der Waals surface area contributed by atoms with Crippen molar-refractivity contribution in [3.63, 3.8) is 0 Å². The van der Waals surface area contributed by atoms with Gasteiger partial charge in [-0.15, -0.1) is 0 Å². The van der Waals surface area contributed by atoms with Crippen LogP contribution >= 0.6 is 11.8 Å². The zero-order valence-corrected chi connectivity index (χ0v) is 30.5. The van der Waals surface area contributed by atoms with Crippen molar-refractivity contribution in [1.29, 1.82) is 0 Å². The number of hydrogen-bond acceptors (Lipinski definition) is 6. The zero-order chi connectivity index (χ0) is 34.5. The highest BCUT2D eigenvalue weighted by Crippen LogP contribution is 2.36. The summed E-state index contributed by atoms with van der Waals surface area (Å²) in [6.45, 7) is 6.30. The molecule has 2 aliphatic carbocycles. The minimum absolute atomic E-state index is 0.0303. The summed E-state index contributed by atoms with van der Waals surface area (Å²) >= 11 is 1.76. The number of carbonyl (C=O) groups is 3. The molecular formula is C39H58N4O4S. The Morgan fingerprint density at radius 2 is 1.40 bits per heavy atom. The average molecular weight is 679 g/mol.